The van der Waals surface area contributed by atoms with Gasteiger partial charge in [0.05, 0.1) is 12.0 Å². The van der Waals surface area contributed by atoms with Crippen molar-refractivity contribution in [2.45, 2.75) is 12.3 Å². The number of pyridine rings is 1. The average Bonchev–Trinajstić information content (AvgIpc) is 2.37. The van der Waals surface area contributed by atoms with Gasteiger partial charge in [-0.25, -0.2) is 0 Å². The topological polar surface area (TPSA) is 36.7 Å². The molecule has 0 aliphatic heterocycles. The lowest BCUT2D eigenvalue weighted by molar-refractivity contribution is 0.842. The van der Waals surface area contributed by atoms with E-state index >= 15 is 0 Å². The molecule has 3 heteroatoms. The molecular formula is C14H11BrN2. The molecule has 0 fully saturated rings. The molecule has 0 unspecified atom stereocenters. The normalized spacial score (nSPS) is 11.8. The Morgan fingerprint density at radius 3 is 2.82 bits per heavy atom. The molecule has 2 rings (SSSR count). The molecule has 0 N–H and O–H groups in total. The Bertz CT molecular complexity index is 531. The van der Waals surface area contributed by atoms with Crippen LogP contribution in [0.4, 0.5) is 0 Å². The zero-order valence-corrected chi connectivity index (χ0v) is 10.8. The highest BCUT2D eigenvalue weighted by Crippen LogP contribution is 2.21. The first-order valence-corrected chi connectivity index (χ1v) is 6.13. The molecule has 0 bridgehead atoms. The minimum atomic E-state index is -0.141. The van der Waals surface area contributed by atoms with E-state index in [0.717, 1.165) is 15.6 Å². The smallest absolute Gasteiger partial charge is 0.0767 e. The Balaban J connectivity index is 2.20. The predicted molar refractivity (Wildman–Crippen MR) is 70.4 cm³/mol. The van der Waals surface area contributed by atoms with Gasteiger partial charge < -0.3 is 0 Å². The largest absolute Gasteiger partial charge is 0.264 e. The van der Waals surface area contributed by atoms with Crippen LogP contribution >= 0.6 is 15.9 Å². The fraction of sp³-hybridized carbons (Fsp3) is 0.143. The summed E-state index contributed by atoms with van der Waals surface area (Å²) in [7, 11) is 0. The van der Waals surface area contributed by atoms with Crippen molar-refractivity contribution >= 4 is 15.9 Å². The van der Waals surface area contributed by atoms with E-state index in [4.69, 9.17) is 0 Å². The lowest BCUT2D eigenvalue weighted by Crippen LogP contribution is -2.00. The number of hydrogen-bond donors (Lipinski definition) is 0. The molecule has 0 radical (unpaired) electrons. The molecule has 2 aromatic rings. The highest BCUT2D eigenvalue weighted by molar-refractivity contribution is 9.10. The summed E-state index contributed by atoms with van der Waals surface area (Å²) in [4.78, 5) is 4.05. The van der Waals surface area contributed by atoms with Crippen molar-refractivity contribution in [2.24, 2.45) is 0 Å². The summed E-state index contributed by atoms with van der Waals surface area (Å²) in [6.45, 7) is 0. The van der Waals surface area contributed by atoms with E-state index in [0.29, 0.717) is 6.42 Å². The van der Waals surface area contributed by atoms with Crippen LogP contribution in [0.1, 0.15) is 17.0 Å². The summed E-state index contributed by atoms with van der Waals surface area (Å²) in [5.41, 5.74) is 2.12. The molecule has 1 heterocycles. The molecule has 17 heavy (non-hydrogen) atoms. The maximum atomic E-state index is 9.22. The van der Waals surface area contributed by atoms with E-state index in [1.54, 1.807) is 12.4 Å². The van der Waals surface area contributed by atoms with Crippen LogP contribution in [0.15, 0.2) is 53.3 Å². The SMILES string of the molecule is N#C[C@@H](Cc1cccc(Br)c1)c1cccnc1. The maximum absolute atomic E-state index is 9.22. The highest BCUT2D eigenvalue weighted by atomic mass is 79.9. The zero-order valence-electron chi connectivity index (χ0n) is 9.18. The van der Waals surface area contributed by atoms with Gasteiger partial charge in [-0.15, -0.1) is 0 Å². The number of aromatic nitrogens is 1. The standard InChI is InChI=1S/C14H11BrN2/c15-14-5-1-3-11(8-14)7-13(9-16)12-4-2-6-17-10-12/h1-6,8,10,13H,7H2/t13-/m1/s1. The Morgan fingerprint density at radius 2 is 2.18 bits per heavy atom. The van der Waals surface area contributed by atoms with Crippen LogP contribution in [-0.4, -0.2) is 4.98 Å². The predicted octanol–water partition coefficient (Wildman–Crippen LogP) is 3.69. The molecule has 0 spiro atoms. The van der Waals surface area contributed by atoms with Gasteiger partial charge in [-0.2, -0.15) is 5.26 Å². The summed E-state index contributed by atoms with van der Waals surface area (Å²) >= 11 is 3.43. The van der Waals surface area contributed by atoms with Gasteiger partial charge in [0.2, 0.25) is 0 Å². The second-order valence-electron chi connectivity index (χ2n) is 3.80. The van der Waals surface area contributed by atoms with Crippen molar-refractivity contribution in [1.29, 1.82) is 5.26 Å². The van der Waals surface area contributed by atoms with Crippen molar-refractivity contribution in [3.05, 3.63) is 64.4 Å². The molecule has 2 nitrogen and oxygen atoms in total. The van der Waals surface area contributed by atoms with Gasteiger partial charge in [0.25, 0.3) is 0 Å². The molecular weight excluding hydrogens is 276 g/mol. The number of nitriles is 1. The van der Waals surface area contributed by atoms with Crippen LogP contribution in [-0.2, 0) is 6.42 Å². The number of halogens is 1. The van der Waals surface area contributed by atoms with Gasteiger partial charge in [-0.3, -0.25) is 4.98 Å². The van der Waals surface area contributed by atoms with E-state index in [9.17, 15) is 5.26 Å². The number of nitrogens with zero attached hydrogens (tertiary/aromatic N) is 2. The molecule has 0 aliphatic rings. The summed E-state index contributed by atoms with van der Waals surface area (Å²) in [5, 5.41) is 9.22. The molecule has 1 aromatic carbocycles. The maximum Gasteiger partial charge on any atom is 0.0767 e. The van der Waals surface area contributed by atoms with Crippen molar-refractivity contribution in [2.75, 3.05) is 0 Å². The first kappa shape index (κ1) is 11.8. The van der Waals surface area contributed by atoms with E-state index in [1.165, 1.54) is 0 Å². The number of benzene rings is 1. The highest BCUT2D eigenvalue weighted by Gasteiger charge is 2.11. The van der Waals surface area contributed by atoms with Crippen LogP contribution in [0, 0.1) is 11.3 Å². The van der Waals surface area contributed by atoms with Crippen LogP contribution in [0.2, 0.25) is 0 Å². The van der Waals surface area contributed by atoms with Gasteiger partial charge in [-0.1, -0.05) is 34.1 Å². The molecule has 84 valence electrons. The summed E-state index contributed by atoms with van der Waals surface area (Å²) in [6.07, 6.45) is 4.19. The Hall–Kier alpha value is -1.66. The molecule has 0 amide bonds. The van der Waals surface area contributed by atoms with E-state index in [2.05, 4.69) is 27.0 Å². The second kappa shape index (κ2) is 5.60. The first-order valence-electron chi connectivity index (χ1n) is 5.33. The summed E-state index contributed by atoms with van der Waals surface area (Å²) in [6, 6.07) is 14.2. The Labute approximate surface area is 109 Å². The molecule has 0 saturated carbocycles. The van der Waals surface area contributed by atoms with Crippen molar-refractivity contribution in [3.8, 4) is 6.07 Å². The van der Waals surface area contributed by atoms with Gasteiger partial charge in [0.15, 0.2) is 0 Å². The number of rotatable bonds is 3. The van der Waals surface area contributed by atoms with Gasteiger partial charge in [0, 0.05) is 16.9 Å². The summed E-state index contributed by atoms with van der Waals surface area (Å²) in [5.74, 6) is -0.141. The first-order chi connectivity index (χ1) is 8.29. The monoisotopic (exact) mass is 286 g/mol. The van der Waals surface area contributed by atoms with Crippen molar-refractivity contribution < 1.29 is 0 Å². The molecule has 1 aromatic heterocycles. The van der Waals surface area contributed by atoms with Crippen molar-refractivity contribution in [1.82, 2.24) is 4.98 Å². The Morgan fingerprint density at radius 1 is 1.29 bits per heavy atom. The molecule has 0 saturated heterocycles. The fourth-order valence-corrected chi connectivity index (χ4v) is 2.17. The minimum Gasteiger partial charge on any atom is -0.264 e. The fourth-order valence-electron chi connectivity index (χ4n) is 1.72. The van der Waals surface area contributed by atoms with Crippen LogP contribution in [0.3, 0.4) is 0 Å². The lowest BCUT2D eigenvalue weighted by Gasteiger charge is -2.09. The second-order valence-corrected chi connectivity index (χ2v) is 4.72. The lowest BCUT2D eigenvalue weighted by atomic mass is 9.94. The minimum absolute atomic E-state index is 0.141. The zero-order chi connectivity index (χ0) is 12.1. The van der Waals surface area contributed by atoms with Crippen molar-refractivity contribution in [3.63, 3.8) is 0 Å². The third kappa shape index (κ3) is 3.15. The van der Waals surface area contributed by atoms with Gasteiger partial charge in [-0.05, 0) is 35.7 Å². The van der Waals surface area contributed by atoms with E-state index < -0.39 is 0 Å². The van der Waals surface area contributed by atoms with E-state index in [1.807, 2.05) is 36.4 Å². The quantitative estimate of drug-likeness (QED) is 0.863. The summed E-state index contributed by atoms with van der Waals surface area (Å²) < 4.78 is 1.04. The third-order valence-electron chi connectivity index (χ3n) is 2.57. The average molecular weight is 287 g/mol. The number of hydrogen-bond acceptors (Lipinski definition) is 2. The molecule has 1 atom stereocenters. The van der Waals surface area contributed by atoms with Crippen LogP contribution in [0.5, 0.6) is 0 Å². The third-order valence-corrected chi connectivity index (χ3v) is 3.06. The van der Waals surface area contributed by atoms with Gasteiger partial charge in [0.1, 0.15) is 0 Å². The van der Waals surface area contributed by atoms with Crippen LogP contribution in [0.25, 0.3) is 0 Å². The van der Waals surface area contributed by atoms with E-state index in [-0.39, 0.29) is 5.92 Å². The Kier molecular flexibility index (Phi) is 3.89. The van der Waals surface area contributed by atoms with Crippen LogP contribution < -0.4 is 0 Å². The van der Waals surface area contributed by atoms with Gasteiger partial charge >= 0.3 is 0 Å². The molecule has 0 aliphatic carbocycles.